The number of ether oxygens (including phenoxy) is 2. The molecule has 0 aromatic heterocycles. The van der Waals surface area contributed by atoms with Crippen molar-refractivity contribution in [1.29, 1.82) is 0 Å². The first-order valence-electron chi connectivity index (χ1n) is 7.20. The average molecular weight is 310 g/mol. The maximum atomic E-state index is 13.2. The van der Waals surface area contributed by atoms with Crippen LogP contribution in [0.1, 0.15) is 24.8 Å². The van der Waals surface area contributed by atoms with E-state index >= 15 is 0 Å². The highest BCUT2D eigenvalue weighted by Gasteiger charge is 2.44. The topological polar surface area (TPSA) is 35.5 Å². The molecule has 114 valence electrons. The third kappa shape index (κ3) is 3.51. The number of methoxy groups -OCH3 is 1. The molecule has 0 amide bonds. The van der Waals surface area contributed by atoms with E-state index in [4.69, 9.17) is 9.47 Å². The normalized spacial score (nSPS) is 21.5. The summed E-state index contributed by atoms with van der Waals surface area (Å²) in [5.41, 5.74) is 1.10. The Bertz CT molecular complexity index is 542. The third-order valence-corrected chi connectivity index (χ3v) is 5.60. The minimum absolute atomic E-state index is 0.112. The van der Waals surface area contributed by atoms with Gasteiger partial charge in [-0.25, -0.2) is 4.39 Å². The van der Waals surface area contributed by atoms with Crippen LogP contribution in [-0.2, 0) is 16.0 Å². The van der Waals surface area contributed by atoms with Crippen molar-refractivity contribution in [2.45, 2.75) is 31.8 Å². The molecule has 5 heteroatoms. The van der Waals surface area contributed by atoms with Crippen LogP contribution in [0.2, 0.25) is 0 Å². The summed E-state index contributed by atoms with van der Waals surface area (Å²) in [6, 6.07) is 4.69. The number of benzene rings is 1. The first kappa shape index (κ1) is 14.7. The van der Waals surface area contributed by atoms with Gasteiger partial charge in [0, 0.05) is 17.7 Å². The van der Waals surface area contributed by atoms with Crippen molar-refractivity contribution in [3.63, 3.8) is 0 Å². The number of thioether (sulfide) groups is 1. The summed E-state index contributed by atoms with van der Waals surface area (Å²) >= 11 is 1.82. The highest BCUT2D eigenvalue weighted by Crippen LogP contribution is 2.51. The van der Waals surface area contributed by atoms with Gasteiger partial charge < -0.3 is 9.47 Å². The van der Waals surface area contributed by atoms with E-state index in [1.165, 1.54) is 13.2 Å². The molecule has 0 radical (unpaired) electrons. The van der Waals surface area contributed by atoms with Gasteiger partial charge in [-0.2, -0.15) is 11.8 Å². The first-order valence-corrected chi connectivity index (χ1v) is 8.35. The minimum atomic E-state index is -0.208. The van der Waals surface area contributed by atoms with Gasteiger partial charge in [-0.3, -0.25) is 4.79 Å². The van der Waals surface area contributed by atoms with E-state index in [0.717, 1.165) is 42.1 Å². The lowest BCUT2D eigenvalue weighted by molar-refractivity contribution is -0.141. The summed E-state index contributed by atoms with van der Waals surface area (Å²) in [7, 11) is 1.44. The van der Waals surface area contributed by atoms with Crippen LogP contribution < -0.4 is 4.74 Å². The second-order valence-corrected chi connectivity index (χ2v) is 6.99. The Hall–Kier alpha value is -1.23. The SMILES string of the molecule is COC(=O)CC1(CSCC2Cc3cc(F)ccc3O2)CC1. The summed E-state index contributed by atoms with van der Waals surface area (Å²) in [6.45, 7) is 0. The molecule has 1 unspecified atom stereocenters. The van der Waals surface area contributed by atoms with Gasteiger partial charge in [0.05, 0.1) is 13.5 Å². The second kappa shape index (κ2) is 5.87. The molecule has 1 fully saturated rings. The fourth-order valence-electron chi connectivity index (χ4n) is 2.72. The van der Waals surface area contributed by atoms with Crippen molar-refractivity contribution in [2.24, 2.45) is 5.41 Å². The van der Waals surface area contributed by atoms with E-state index in [0.29, 0.717) is 6.42 Å². The van der Waals surface area contributed by atoms with Gasteiger partial charge in [0.25, 0.3) is 0 Å². The highest BCUT2D eigenvalue weighted by atomic mass is 32.2. The van der Waals surface area contributed by atoms with Crippen LogP contribution in [0.4, 0.5) is 4.39 Å². The predicted molar refractivity (Wildman–Crippen MR) is 80.1 cm³/mol. The van der Waals surface area contributed by atoms with Gasteiger partial charge in [0.2, 0.25) is 0 Å². The lowest BCUT2D eigenvalue weighted by Gasteiger charge is -2.15. The number of esters is 1. The van der Waals surface area contributed by atoms with Crippen LogP contribution in [0, 0.1) is 11.2 Å². The van der Waals surface area contributed by atoms with Gasteiger partial charge in [-0.05, 0) is 42.2 Å². The minimum Gasteiger partial charge on any atom is -0.489 e. The van der Waals surface area contributed by atoms with Crippen molar-refractivity contribution in [1.82, 2.24) is 0 Å². The number of rotatable bonds is 6. The Morgan fingerprint density at radius 3 is 3.05 bits per heavy atom. The molecule has 1 saturated carbocycles. The van der Waals surface area contributed by atoms with Crippen molar-refractivity contribution < 1.29 is 18.7 Å². The summed E-state index contributed by atoms with van der Waals surface area (Å²) < 4.78 is 23.7. The lowest BCUT2D eigenvalue weighted by Crippen LogP contribution is -2.19. The Morgan fingerprint density at radius 2 is 2.33 bits per heavy atom. The molecule has 1 aromatic carbocycles. The fourth-order valence-corrected chi connectivity index (χ4v) is 4.11. The average Bonchev–Trinajstić information content (AvgIpc) is 3.09. The van der Waals surface area contributed by atoms with E-state index in [1.807, 2.05) is 11.8 Å². The number of carbonyl (C=O) groups is 1. The molecule has 21 heavy (non-hydrogen) atoms. The monoisotopic (exact) mass is 310 g/mol. The Kier molecular flexibility index (Phi) is 4.11. The molecule has 1 aliphatic heterocycles. The summed E-state index contributed by atoms with van der Waals surface area (Å²) in [5.74, 6) is 2.32. The number of carbonyl (C=O) groups excluding carboxylic acids is 1. The first-order chi connectivity index (χ1) is 10.1. The van der Waals surface area contributed by atoms with Crippen molar-refractivity contribution in [2.75, 3.05) is 18.6 Å². The van der Waals surface area contributed by atoms with Gasteiger partial charge in [0.15, 0.2) is 0 Å². The molecular weight excluding hydrogens is 291 g/mol. The molecule has 1 atom stereocenters. The lowest BCUT2D eigenvalue weighted by atomic mass is 10.1. The third-order valence-electron chi connectivity index (χ3n) is 4.18. The summed E-state index contributed by atoms with van der Waals surface area (Å²) in [4.78, 5) is 11.4. The Labute approximate surface area is 128 Å². The van der Waals surface area contributed by atoms with Crippen LogP contribution >= 0.6 is 11.8 Å². The number of hydrogen-bond donors (Lipinski definition) is 0. The fraction of sp³-hybridized carbons (Fsp3) is 0.562. The van der Waals surface area contributed by atoms with Crippen LogP contribution in [0.25, 0.3) is 0 Å². The van der Waals surface area contributed by atoms with Crippen molar-refractivity contribution >= 4 is 17.7 Å². The van der Waals surface area contributed by atoms with E-state index in [9.17, 15) is 9.18 Å². The Morgan fingerprint density at radius 1 is 1.52 bits per heavy atom. The standard InChI is InChI=1S/C16H19FO3S/c1-19-15(18)8-16(4-5-16)10-21-9-13-7-11-6-12(17)2-3-14(11)20-13/h2-3,6,13H,4-5,7-10H2,1H3. The molecule has 1 aliphatic carbocycles. The maximum absolute atomic E-state index is 13.2. The largest absolute Gasteiger partial charge is 0.489 e. The van der Waals surface area contributed by atoms with Crippen LogP contribution in [0.3, 0.4) is 0 Å². The van der Waals surface area contributed by atoms with Crippen LogP contribution in [0.5, 0.6) is 5.75 Å². The molecule has 0 N–H and O–H groups in total. The number of halogens is 1. The molecule has 3 rings (SSSR count). The molecule has 3 nitrogen and oxygen atoms in total. The zero-order valence-corrected chi connectivity index (χ0v) is 12.9. The predicted octanol–water partition coefficient (Wildman–Crippen LogP) is 3.21. The van der Waals surface area contributed by atoms with Crippen molar-refractivity contribution in [3.05, 3.63) is 29.6 Å². The maximum Gasteiger partial charge on any atom is 0.306 e. The zero-order valence-electron chi connectivity index (χ0n) is 12.1. The van der Waals surface area contributed by atoms with Crippen LogP contribution in [0.15, 0.2) is 18.2 Å². The van der Waals surface area contributed by atoms with E-state index in [2.05, 4.69) is 0 Å². The number of fused-ring (bicyclic) bond motifs is 1. The van der Waals surface area contributed by atoms with Gasteiger partial charge >= 0.3 is 5.97 Å². The Balaban J connectivity index is 1.44. The molecule has 1 aromatic rings. The zero-order chi connectivity index (χ0) is 14.9. The summed E-state index contributed by atoms with van der Waals surface area (Å²) in [6.07, 6.45) is 3.61. The molecular formula is C16H19FO3S. The second-order valence-electron chi connectivity index (χ2n) is 5.96. The molecule has 2 aliphatic rings. The van der Waals surface area contributed by atoms with E-state index in [-0.39, 0.29) is 23.3 Å². The highest BCUT2D eigenvalue weighted by molar-refractivity contribution is 7.99. The van der Waals surface area contributed by atoms with Crippen LogP contribution in [-0.4, -0.2) is 30.7 Å². The van der Waals surface area contributed by atoms with Gasteiger partial charge in [0.1, 0.15) is 17.7 Å². The molecule has 0 saturated heterocycles. The van der Waals surface area contributed by atoms with E-state index < -0.39 is 0 Å². The molecule has 1 heterocycles. The smallest absolute Gasteiger partial charge is 0.306 e. The molecule has 0 bridgehead atoms. The molecule has 0 spiro atoms. The van der Waals surface area contributed by atoms with Crippen molar-refractivity contribution in [3.8, 4) is 5.75 Å². The van der Waals surface area contributed by atoms with Gasteiger partial charge in [-0.15, -0.1) is 0 Å². The quantitative estimate of drug-likeness (QED) is 0.756. The van der Waals surface area contributed by atoms with Gasteiger partial charge in [-0.1, -0.05) is 0 Å². The number of hydrogen-bond acceptors (Lipinski definition) is 4. The van der Waals surface area contributed by atoms with E-state index in [1.54, 1.807) is 12.1 Å². The summed E-state index contributed by atoms with van der Waals surface area (Å²) in [5, 5.41) is 0.